The van der Waals surface area contributed by atoms with E-state index < -0.39 is 0 Å². The number of ether oxygens (including phenoxy) is 4. The highest BCUT2D eigenvalue weighted by molar-refractivity contribution is 6.01. The molecule has 1 aliphatic heterocycles. The van der Waals surface area contributed by atoms with E-state index in [1.165, 1.54) is 0 Å². The van der Waals surface area contributed by atoms with Gasteiger partial charge in [0.05, 0.1) is 14.2 Å². The highest BCUT2D eigenvalue weighted by Gasteiger charge is 2.40. The molecule has 142 valence electrons. The fraction of sp³-hybridized carbons (Fsp3) is 0.381. The molecule has 2 aliphatic rings. The molecule has 6 nitrogen and oxygen atoms in total. The average molecular weight is 370 g/mol. The van der Waals surface area contributed by atoms with Crippen molar-refractivity contribution in [2.75, 3.05) is 21.0 Å². The van der Waals surface area contributed by atoms with E-state index in [-0.39, 0.29) is 36.1 Å². The molecule has 2 aromatic rings. The quantitative estimate of drug-likeness (QED) is 0.887. The number of hydrogen-bond donors (Lipinski definition) is 1. The number of phenols is 1. The minimum absolute atomic E-state index is 0.0191. The Morgan fingerprint density at radius 3 is 2.26 bits per heavy atom. The van der Waals surface area contributed by atoms with Crippen molar-refractivity contribution < 1.29 is 28.8 Å². The van der Waals surface area contributed by atoms with Crippen LogP contribution in [0.1, 0.15) is 41.3 Å². The number of ketones is 1. The second-order valence-corrected chi connectivity index (χ2v) is 7.05. The third-order valence-electron chi connectivity index (χ3n) is 5.74. The van der Waals surface area contributed by atoms with Gasteiger partial charge in [0, 0.05) is 29.0 Å². The van der Waals surface area contributed by atoms with Gasteiger partial charge in [-0.25, -0.2) is 0 Å². The number of phenolic OH excluding ortho intramolecular Hbond substituents is 1. The minimum Gasteiger partial charge on any atom is -0.508 e. The number of methoxy groups -OCH3 is 2. The average Bonchev–Trinajstić information content (AvgIpc) is 3.12. The summed E-state index contributed by atoms with van der Waals surface area (Å²) in [6.45, 7) is 4.08. The van der Waals surface area contributed by atoms with Crippen molar-refractivity contribution in [2.24, 2.45) is 11.8 Å². The second-order valence-electron chi connectivity index (χ2n) is 7.05. The first-order chi connectivity index (χ1) is 13.0. The van der Waals surface area contributed by atoms with Gasteiger partial charge in [0.25, 0.3) is 0 Å². The van der Waals surface area contributed by atoms with Crippen LogP contribution >= 0.6 is 0 Å². The molecule has 2 aromatic carbocycles. The Morgan fingerprint density at radius 1 is 0.963 bits per heavy atom. The molecule has 0 saturated heterocycles. The lowest BCUT2D eigenvalue weighted by atomic mass is 9.67. The Bertz CT molecular complexity index is 919. The van der Waals surface area contributed by atoms with Crippen molar-refractivity contribution in [1.29, 1.82) is 0 Å². The SMILES string of the molecule is COc1cc2c(cc1OC)C(c1cc3c(cc1O)OCO3)C(C)C(C)C2=O. The number of aromatic hydroxyl groups is 1. The van der Waals surface area contributed by atoms with Crippen LogP contribution in [0.25, 0.3) is 0 Å². The summed E-state index contributed by atoms with van der Waals surface area (Å²) in [5.74, 6) is 1.96. The molecule has 3 atom stereocenters. The number of rotatable bonds is 3. The number of fused-ring (bicyclic) bond motifs is 2. The zero-order valence-electron chi connectivity index (χ0n) is 15.7. The number of benzene rings is 2. The molecular weight excluding hydrogens is 348 g/mol. The van der Waals surface area contributed by atoms with Crippen molar-refractivity contribution >= 4 is 5.78 Å². The highest BCUT2D eigenvalue weighted by Crippen LogP contribution is 2.51. The van der Waals surface area contributed by atoms with Crippen molar-refractivity contribution in [3.05, 3.63) is 41.0 Å². The standard InChI is InChI=1S/C21H22O6/c1-10-11(2)21(23)13-6-17(25-4)16(24-3)5-12(13)20(10)14-7-18-19(8-15(14)22)27-9-26-18/h5-8,10-11,20,22H,9H2,1-4H3. The van der Waals surface area contributed by atoms with Crippen LogP contribution in [0.5, 0.6) is 28.7 Å². The van der Waals surface area contributed by atoms with E-state index in [0.29, 0.717) is 34.1 Å². The molecule has 1 N–H and O–H groups in total. The molecule has 0 bridgehead atoms. The molecule has 3 unspecified atom stereocenters. The smallest absolute Gasteiger partial charge is 0.231 e. The summed E-state index contributed by atoms with van der Waals surface area (Å²) in [5, 5.41) is 10.7. The minimum atomic E-state index is -0.203. The van der Waals surface area contributed by atoms with Crippen LogP contribution in [-0.4, -0.2) is 31.9 Å². The summed E-state index contributed by atoms with van der Waals surface area (Å²) in [6.07, 6.45) is 0. The number of Topliss-reactive ketones (excluding diaryl/α,β-unsaturated/α-hetero) is 1. The predicted molar refractivity (Wildman–Crippen MR) is 98.3 cm³/mol. The summed E-state index contributed by atoms with van der Waals surface area (Å²) in [6, 6.07) is 6.95. The first-order valence-corrected chi connectivity index (χ1v) is 8.88. The molecule has 6 heteroatoms. The Morgan fingerprint density at radius 2 is 1.59 bits per heavy atom. The van der Waals surface area contributed by atoms with Crippen LogP contribution < -0.4 is 18.9 Å². The van der Waals surface area contributed by atoms with Gasteiger partial charge < -0.3 is 24.1 Å². The van der Waals surface area contributed by atoms with Crippen LogP contribution in [-0.2, 0) is 0 Å². The van der Waals surface area contributed by atoms with E-state index in [0.717, 1.165) is 5.56 Å². The molecule has 0 saturated carbocycles. The lowest BCUT2D eigenvalue weighted by molar-refractivity contribution is 0.0865. The van der Waals surface area contributed by atoms with Gasteiger partial charge in [0.15, 0.2) is 28.8 Å². The van der Waals surface area contributed by atoms with E-state index in [1.807, 2.05) is 26.0 Å². The predicted octanol–water partition coefficient (Wildman–Crippen LogP) is 3.74. The molecule has 0 aromatic heterocycles. The maximum absolute atomic E-state index is 12.9. The topological polar surface area (TPSA) is 74.2 Å². The molecule has 0 amide bonds. The Labute approximate surface area is 157 Å². The highest BCUT2D eigenvalue weighted by atomic mass is 16.7. The van der Waals surface area contributed by atoms with Gasteiger partial charge in [-0.05, 0) is 29.7 Å². The van der Waals surface area contributed by atoms with Gasteiger partial charge in [0.2, 0.25) is 6.79 Å². The van der Waals surface area contributed by atoms with Gasteiger partial charge in [0.1, 0.15) is 5.75 Å². The zero-order chi connectivity index (χ0) is 19.3. The summed E-state index contributed by atoms with van der Waals surface area (Å²) >= 11 is 0. The zero-order valence-corrected chi connectivity index (χ0v) is 15.7. The summed E-state index contributed by atoms with van der Waals surface area (Å²) in [4.78, 5) is 12.9. The molecular formula is C21H22O6. The Balaban J connectivity index is 1.94. The van der Waals surface area contributed by atoms with Gasteiger partial charge in [-0.2, -0.15) is 0 Å². The van der Waals surface area contributed by atoms with Crippen molar-refractivity contribution in [2.45, 2.75) is 19.8 Å². The monoisotopic (exact) mass is 370 g/mol. The molecule has 1 heterocycles. The molecule has 1 aliphatic carbocycles. The molecule has 0 fully saturated rings. The lowest BCUT2D eigenvalue weighted by Gasteiger charge is -2.36. The maximum Gasteiger partial charge on any atom is 0.231 e. The van der Waals surface area contributed by atoms with Crippen LogP contribution in [0.15, 0.2) is 24.3 Å². The van der Waals surface area contributed by atoms with E-state index in [4.69, 9.17) is 18.9 Å². The largest absolute Gasteiger partial charge is 0.508 e. The Hall–Kier alpha value is -2.89. The van der Waals surface area contributed by atoms with Crippen molar-refractivity contribution in [3.8, 4) is 28.7 Å². The number of carbonyl (C=O) groups is 1. The van der Waals surface area contributed by atoms with Crippen LogP contribution in [0.4, 0.5) is 0 Å². The van der Waals surface area contributed by atoms with Crippen LogP contribution in [0.2, 0.25) is 0 Å². The van der Waals surface area contributed by atoms with E-state index in [1.54, 1.807) is 26.4 Å². The summed E-state index contributed by atoms with van der Waals surface area (Å²) in [5.41, 5.74) is 2.12. The van der Waals surface area contributed by atoms with Crippen molar-refractivity contribution in [3.63, 3.8) is 0 Å². The Kier molecular flexibility index (Phi) is 4.13. The van der Waals surface area contributed by atoms with Gasteiger partial charge in [-0.15, -0.1) is 0 Å². The fourth-order valence-electron chi connectivity index (χ4n) is 4.07. The fourth-order valence-corrected chi connectivity index (χ4v) is 4.07. The first-order valence-electron chi connectivity index (χ1n) is 8.88. The summed E-state index contributed by atoms with van der Waals surface area (Å²) in [7, 11) is 3.11. The lowest BCUT2D eigenvalue weighted by Crippen LogP contribution is -2.32. The molecule has 0 radical (unpaired) electrons. The normalized spacial score (nSPS) is 23.1. The van der Waals surface area contributed by atoms with Crippen molar-refractivity contribution in [1.82, 2.24) is 0 Å². The van der Waals surface area contributed by atoms with Gasteiger partial charge >= 0.3 is 0 Å². The molecule has 0 spiro atoms. The van der Waals surface area contributed by atoms with E-state index in [9.17, 15) is 9.90 Å². The van der Waals surface area contributed by atoms with E-state index >= 15 is 0 Å². The van der Waals surface area contributed by atoms with Crippen LogP contribution in [0.3, 0.4) is 0 Å². The number of carbonyl (C=O) groups excluding carboxylic acids is 1. The third kappa shape index (κ3) is 2.59. The van der Waals surface area contributed by atoms with Crippen LogP contribution in [0, 0.1) is 11.8 Å². The number of hydrogen-bond acceptors (Lipinski definition) is 6. The second kappa shape index (κ2) is 6.37. The molecule has 4 rings (SSSR count). The molecule has 27 heavy (non-hydrogen) atoms. The van der Waals surface area contributed by atoms with Gasteiger partial charge in [-0.3, -0.25) is 4.79 Å². The van der Waals surface area contributed by atoms with E-state index in [2.05, 4.69) is 0 Å². The maximum atomic E-state index is 12.9. The summed E-state index contributed by atoms with van der Waals surface area (Å²) < 4.78 is 21.7. The first kappa shape index (κ1) is 17.5. The third-order valence-corrected chi connectivity index (χ3v) is 5.74. The van der Waals surface area contributed by atoms with Gasteiger partial charge in [-0.1, -0.05) is 13.8 Å².